The monoisotopic (exact) mass is 308 g/mol. The molecule has 2 aromatic rings. The largest absolute Gasteiger partial charge is 0.416 e. The number of rotatable bonds is 3. The molecule has 116 valence electrons. The summed E-state index contributed by atoms with van der Waals surface area (Å²) in [7, 11) is 0. The van der Waals surface area contributed by atoms with Gasteiger partial charge in [0.25, 0.3) is 0 Å². The molecule has 2 N–H and O–H groups in total. The van der Waals surface area contributed by atoms with Gasteiger partial charge in [0.1, 0.15) is 0 Å². The molecule has 0 aliphatic heterocycles. The van der Waals surface area contributed by atoms with Crippen LogP contribution in [-0.2, 0) is 6.18 Å². The van der Waals surface area contributed by atoms with Gasteiger partial charge in [-0.25, -0.2) is 4.79 Å². The molecule has 0 unspecified atom stereocenters. The van der Waals surface area contributed by atoms with Gasteiger partial charge >= 0.3 is 12.2 Å². The maximum atomic E-state index is 12.4. The Labute approximate surface area is 126 Å². The Morgan fingerprint density at radius 3 is 2.14 bits per heavy atom. The molecular formula is C16H15F3N2O. The number of carbonyl (C=O) groups excluding carboxylic acids is 1. The Morgan fingerprint density at radius 1 is 1.00 bits per heavy atom. The van der Waals surface area contributed by atoms with Crippen LogP contribution in [0.2, 0.25) is 0 Å². The van der Waals surface area contributed by atoms with Crippen LogP contribution in [0.1, 0.15) is 24.1 Å². The molecule has 0 spiro atoms. The molecule has 0 heterocycles. The second kappa shape index (κ2) is 6.51. The summed E-state index contributed by atoms with van der Waals surface area (Å²) in [6.45, 7) is 1.82. The van der Waals surface area contributed by atoms with E-state index in [4.69, 9.17) is 0 Å². The third-order valence-corrected chi connectivity index (χ3v) is 3.12. The number of carbonyl (C=O) groups is 1. The molecule has 3 nitrogen and oxygen atoms in total. The van der Waals surface area contributed by atoms with Crippen molar-refractivity contribution in [3.8, 4) is 0 Å². The van der Waals surface area contributed by atoms with Gasteiger partial charge in [0.05, 0.1) is 11.6 Å². The van der Waals surface area contributed by atoms with Crippen LogP contribution in [0.15, 0.2) is 54.6 Å². The zero-order chi connectivity index (χ0) is 16.2. The molecule has 0 aliphatic rings. The molecule has 0 saturated heterocycles. The van der Waals surface area contributed by atoms with Crippen LogP contribution in [0, 0.1) is 0 Å². The molecular weight excluding hydrogens is 293 g/mol. The van der Waals surface area contributed by atoms with Gasteiger partial charge in [0.2, 0.25) is 0 Å². The summed E-state index contributed by atoms with van der Waals surface area (Å²) in [6.07, 6.45) is -4.39. The SMILES string of the molecule is C[C@H](NC(=O)Nc1ccc(C(F)(F)F)cc1)c1ccccc1. The number of urea groups is 1. The van der Waals surface area contributed by atoms with E-state index in [-0.39, 0.29) is 6.04 Å². The average Bonchev–Trinajstić information content (AvgIpc) is 2.47. The molecule has 2 aromatic carbocycles. The Balaban J connectivity index is 1.95. The molecule has 1 atom stereocenters. The second-order valence-corrected chi connectivity index (χ2v) is 4.81. The summed E-state index contributed by atoms with van der Waals surface area (Å²) in [4.78, 5) is 11.8. The third-order valence-electron chi connectivity index (χ3n) is 3.12. The van der Waals surface area contributed by atoms with E-state index in [1.807, 2.05) is 37.3 Å². The Kier molecular flexibility index (Phi) is 4.70. The maximum Gasteiger partial charge on any atom is 0.416 e. The van der Waals surface area contributed by atoms with Gasteiger partial charge < -0.3 is 10.6 Å². The summed E-state index contributed by atoms with van der Waals surface area (Å²) >= 11 is 0. The molecule has 0 fully saturated rings. The number of hydrogen-bond donors (Lipinski definition) is 2. The minimum absolute atomic E-state index is 0.212. The van der Waals surface area contributed by atoms with E-state index < -0.39 is 17.8 Å². The highest BCUT2D eigenvalue weighted by Gasteiger charge is 2.29. The van der Waals surface area contributed by atoms with E-state index in [0.717, 1.165) is 17.7 Å². The van der Waals surface area contributed by atoms with Gasteiger partial charge in [-0.3, -0.25) is 0 Å². The van der Waals surface area contributed by atoms with Gasteiger partial charge in [0.15, 0.2) is 0 Å². The molecule has 0 radical (unpaired) electrons. The van der Waals surface area contributed by atoms with Crippen molar-refractivity contribution in [2.24, 2.45) is 0 Å². The van der Waals surface area contributed by atoms with Crippen LogP contribution >= 0.6 is 0 Å². The average molecular weight is 308 g/mol. The van der Waals surface area contributed by atoms with Crippen molar-refractivity contribution < 1.29 is 18.0 Å². The lowest BCUT2D eigenvalue weighted by Gasteiger charge is -2.15. The van der Waals surface area contributed by atoms with E-state index in [1.54, 1.807) is 0 Å². The highest BCUT2D eigenvalue weighted by atomic mass is 19.4. The van der Waals surface area contributed by atoms with E-state index in [0.29, 0.717) is 5.69 Å². The smallest absolute Gasteiger partial charge is 0.331 e. The van der Waals surface area contributed by atoms with Crippen molar-refractivity contribution in [2.75, 3.05) is 5.32 Å². The third kappa shape index (κ3) is 4.25. The predicted molar refractivity (Wildman–Crippen MR) is 78.5 cm³/mol. The van der Waals surface area contributed by atoms with Gasteiger partial charge in [-0.05, 0) is 36.8 Å². The first-order chi connectivity index (χ1) is 10.4. The minimum Gasteiger partial charge on any atom is -0.331 e. The lowest BCUT2D eigenvalue weighted by Crippen LogP contribution is -2.31. The van der Waals surface area contributed by atoms with E-state index >= 15 is 0 Å². The first-order valence-electron chi connectivity index (χ1n) is 6.66. The topological polar surface area (TPSA) is 41.1 Å². The molecule has 0 bridgehead atoms. The van der Waals surface area contributed by atoms with E-state index in [1.165, 1.54) is 12.1 Å². The minimum atomic E-state index is -4.39. The number of hydrogen-bond acceptors (Lipinski definition) is 1. The summed E-state index contributed by atoms with van der Waals surface area (Å²) < 4.78 is 37.3. The van der Waals surface area contributed by atoms with Crippen molar-refractivity contribution >= 4 is 11.7 Å². The van der Waals surface area contributed by atoms with Crippen LogP contribution in [-0.4, -0.2) is 6.03 Å². The normalized spacial score (nSPS) is 12.5. The first kappa shape index (κ1) is 15.9. The standard InChI is InChI=1S/C16H15F3N2O/c1-11(12-5-3-2-4-6-12)20-15(22)21-14-9-7-13(8-10-14)16(17,18)19/h2-11H,1H3,(H2,20,21,22)/t11-/m0/s1. The van der Waals surface area contributed by atoms with Crippen molar-refractivity contribution in [2.45, 2.75) is 19.1 Å². The number of anilines is 1. The molecule has 0 aliphatic carbocycles. The lowest BCUT2D eigenvalue weighted by atomic mass is 10.1. The van der Waals surface area contributed by atoms with E-state index in [9.17, 15) is 18.0 Å². The highest BCUT2D eigenvalue weighted by molar-refractivity contribution is 5.89. The molecule has 2 rings (SSSR count). The van der Waals surface area contributed by atoms with Crippen molar-refractivity contribution in [1.82, 2.24) is 5.32 Å². The van der Waals surface area contributed by atoms with Gasteiger partial charge in [-0.15, -0.1) is 0 Å². The molecule has 0 saturated carbocycles. The number of nitrogens with one attached hydrogen (secondary N) is 2. The molecule has 6 heteroatoms. The van der Waals surface area contributed by atoms with Gasteiger partial charge in [0, 0.05) is 5.69 Å². The lowest BCUT2D eigenvalue weighted by molar-refractivity contribution is -0.137. The quantitative estimate of drug-likeness (QED) is 0.855. The van der Waals surface area contributed by atoms with Crippen molar-refractivity contribution in [3.05, 3.63) is 65.7 Å². The fourth-order valence-corrected chi connectivity index (χ4v) is 1.93. The van der Waals surface area contributed by atoms with Crippen LogP contribution in [0.3, 0.4) is 0 Å². The Morgan fingerprint density at radius 2 is 1.59 bits per heavy atom. The first-order valence-corrected chi connectivity index (χ1v) is 6.66. The van der Waals surface area contributed by atoms with Gasteiger partial charge in [-0.1, -0.05) is 30.3 Å². The molecule has 0 aromatic heterocycles. The summed E-state index contributed by atoms with van der Waals surface area (Å²) in [6, 6.07) is 13.0. The van der Waals surface area contributed by atoms with Gasteiger partial charge in [-0.2, -0.15) is 13.2 Å². The molecule has 2 amide bonds. The summed E-state index contributed by atoms with van der Waals surface area (Å²) in [5.41, 5.74) is 0.479. The van der Waals surface area contributed by atoms with Crippen LogP contribution in [0.25, 0.3) is 0 Å². The zero-order valence-corrected chi connectivity index (χ0v) is 11.8. The van der Waals surface area contributed by atoms with Crippen LogP contribution in [0.5, 0.6) is 0 Å². The summed E-state index contributed by atoms with van der Waals surface area (Å²) in [5, 5.41) is 5.22. The van der Waals surface area contributed by atoms with Crippen molar-refractivity contribution in [3.63, 3.8) is 0 Å². The van der Waals surface area contributed by atoms with Crippen LogP contribution < -0.4 is 10.6 Å². The van der Waals surface area contributed by atoms with Crippen molar-refractivity contribution in [1.29, 1.82) is 0 Å². The number of alkyl halides is 3. The fraction of sp³-hybridized carbons (Fsp3) is 0.188. The molecule has 22 heavy (non-hydrogen) atoms. The second-order valence-electron chi connectivity index (χ2n) is 4.81. The Hall–Kier alpha value is -2.50. The fourth-order valence-electron chi connectivity index (χ4n) is 1.93. The zero-order valence-electron chi connectivity index (χ0n) is 11.8. The predicted octanol–water partition coefficient (Wildman–Crippen LogP) is 4.59. The van der Waals surface area contributed by atoms with Crippen LogP contribution in [0.4, 0.5) is 23.7 Å². The number of halogens is 3. The maximum absolute atomic E-state index is 12.4. The van der Waals surface area contributed by atoms with E-state index in [2.05, 4.69) is 10.6 Å². The number of amides is 2. The number of benzene rings is 2. The Bertz CT molecular complexity index is 624. The summed E-state index contributed by atoms with van der Waals surface area (Å²) in [5.74, 6) is 0. The highest BCUT2D eigenvalue weighted by Crippen LogP contribution is 2.29.